The summed E-state index contributed by atoms with van der Waals surface area (Å²) in [5.41, 5.74) is 6.20. The molecule has 0 amide bonds. The summed E-state index contributed by atoms with van der Waals surface area (Å²) in [5.74, 6) is 0.478. The van der Waals surface area contributed by atoms with Gasteiger partial charge in [-0.1, -0.05) is 81.3 Å². The van der Waals surface area contributed by atoms with Crippen LogP contribution in [0.4, 0.5) is 0 Å². The summed E-state index contributed by atoms with van der Waals surface area (Å²) >= 11 is 2.51. The quantitative estimate of drug-likeness (QED) is 0.222. The second-order valence-corrected chi connectivity index (χ2v) is 14.6. The minimum atomic E-state index is -0.0847. The largest absolute Gasteiger partial charge is 0.507 e. The molecule has 2 atom stereocenters. The highest BCUT2D eigenvalue weighted by Crippen LogP contribution is 2.49. The Bertz CT molecular complexity index is 914. The normalized spacial score (nSPS) is 17.9. The SMILES string of the molecule is CCC(C)(Pc1ccc(C)cc1CN1CCCCC1)c1cc(C(C)(C)I)cc(C)c1O. The summed E-state index contributed by atoms with van der Waals surface area (Å²) in [7, 11) is 0.626. The van der Waals surface area contributed by atoms with Crippen LogP contribution in [0.25, 0.3) is 0 Å². The van der Waals surface area contributed by atoms with E-state index in [2.05, 4.69) is 92.4 Å². The second-order valence-electron chi connectivity index (χ2n) is 9.97. The first-order chi connectivity index (χ1) is 14.5. The minimum Gasteiger partial charge on any atom is -0.507 e. The molecule has 0 aliphatic carbocycles. The molecule has 1 fully saturated rings. The van der Waals surface area contributed by atoms with Gasteiger partial charge in [-0.2, -0.15) is 0 Å². The van der Waals surface area contributed by atoms with E-state index in [1.807, 2.05) is 6.92 Å². The molecule has 0 radical (unpaired) electrons. The van der Waals surface area contributed by atoms with Crippen LogP contribution in [0.15, 0.2) is 30.3 Å². The maximum atomic E-state index is 11.1. The fraction of sp³-hybridized carbons (Fsp3) is 0.556. The average Bonchev–Trinajstić information content (AvgIpc) is 2.71. The number of aromatic hydroxyl groups is 1. The van der Waals surface area contributed by atoms with Crippen LogP contribution in [0.1, 0.15) is 81.2 Å². The number of phenolic OH excluding ortho intramolecular Hbond substituents is 1. The molecule has 1 saturated heterocycles. The zero-order chi connectivity index (χ0) is 22.8. The van der Waals surface area contributed by atoms with Gasteiger partial charge in [-0.25, -0.2) is 0 Å². The monoisotopic (exact) mass is 551 g/mol. The lowest BCUT2D eigenvalue weighted by molar-refractivity contribution is 0.221. The van der Waals surface area contributed by atoms with Crippen molar-refractivity contribution in [2.45, 2.75) is 82.3 Å². The highest BCUT2D eigenvalue weighted by Gasteiger charge is 2.32. The van der Waals surface area contributed by atoms with Gasteiger partial charge in [0.15, 0.2) is 0 Å². The van der Waals surface area contributed by atoms with Crippen LogP contribution in [0.2, 0.25) is 0 Å². The highest BCUT2D eigenvalue weighted by molar-refractivity contribution is 14.1. The summed E-state index contributed by atoms with van der Waals surface area (Å²) in [4.78, 5) is 2.62. The van der Waals surface area contributed by atoms with Crippen LogP contribution in [0, 0.1) is 13.8 Å². The van der Waals surface area contributed by atoms with E-state index in [-0.39, 0.29) is 8.58 Å². The maximum absolute atomic E-state index is 11.1. The molecule has 3 rings (SSSR count). The number of rotatable bonds is 7. The van der Waals surface area contributed by atoms with E-state index in [0.29, 0.717) is 14.3 Å². The molecule has 1 aliphatic heterocycles. The average molecular weight is 551 g/mol. The number of likely N-dealkylation sites (tertiary alicyclic amines) is 1. The Hall–Kier alpha value is -0.640. The Balaban J connectivity index is 1.99. The van der Waals surface area contributed by atoms with Crippen LogP contribution >= 0.6 is 31.2 Å². The van der Waals surface area contributed by atoms with Crippen molar-refractivity contribution in [3.05, 3.63) is 58.1 Å². The molecule has 1 N–H and O–H groups in total. The van der Waals surface area contributed by atoms with Crippen molar-refractivity contribution >= 4 is 36.5 Å². The summed E-state index contributed by atoms with van der Waals surface area (Å²) in [6.07, 6.45) is 5.01. The molecule has 2 unspecified atom stereocenters. The van der Waals surface area contributed by atoms with Crippen molar-refractivity contribution in [2.75, 3.05) is 13.1 Å². The number of piperidine rings is 1. The molecule has 31 heavy (non-hydrogen) atoms. The number of phenols is 1. The molecule has 0 spiro atoms. The molecule has 0 saturated carbocycles. The van der Waals surface area contributed by atoms with Gasteiger partial charge in [0.25, 0.3) is 0 Å². The van der Waals surface area contributed by atoms with Crippen molar-refractivity contribution in [1.29, 1.82) is 0 Å². The Morgan fingerprint density at radius 1 is 1.03 bits per heavy atom. The van der Waals surface area contributed by atoms with E-state index in [1.165, 1.54) is 54.3 Å². The molecule has 0 aromatic heterocycles. The topological polar surface area (TPSA) is 23.5 Å². The fourth-order valence-corrected chi connectivity index (χ4v) is 6.41. The van der Waals surface area contributed by atoms with E-state index in [1.54, 1.807) is 0 Å². The van der Waals surface area contributed by atoms with Crippen LogP contribution < -0.4 is 5.30 Å². The van der Waals surface area contributed by atoms with Crippen molar-refractivity contribution in [3.8, 4) is 5.75 Å². The van der Waals surface area contributed by atoms with Gasteiger partial charge < -0.3 is 5.11 Å². The van der Waals surface area contributed by atoms with E-state index in [4.69, 9.17) is 0 Å². The van der Waals surface area contributed by atoms with Gasteiger partial charge in [-0.15, -0.1) is 0 Å². The highest BCUT2D eigenvalue weighted by atomic mass is 127. The first kappa shape index (κ1) is 25.0. The number of halogens is 1. The summed E-state index contributed by atoms with van der Waals surface area (Å²) in [6.45, 7) is 16.8. The Morgan fingerprint density at radius 2 is 1.71 bits per heavy atom. The van der Waals surface area contributed by atoms with E-state index in [0.717, 1.165) is 24.1 Å². The van der Waals surface area contributed by atoms with E-state index >= 15 is 0 Å². The molecule has 170 valence electrons. The third-order valence-electron chi connectivity index (χ3n) is 6.80. The zero-order valence-electron chi connectivity index (χ0n) is 20.1. The van der Waals surface area contributed by atoms with Crippen molar-refractivity contribution in [2.24, 2.45) is 0 Å². The molecule has 1 aliphatic rings. The number of alkyl halides is 1. The summed E-state index contributed by atoms with van der Waals surface area (Å²) in [6, 6.07) is 11.4. The molecule has 2 nitrogen and oxygen atoms in total. The predicted molar refractivity (Wildman–Crippen MR) is 146 cm³/mol. The number of hydrogen-bond acceptors (Lipinski definition) is 2. The molecule has 2 aromatic rings. The van der Waals surface area contributed by atoms with Crippen molar-refractivity contribution < 1.29 is 5.11 Å². The van der Waals surface area contributed by atoms with Gasteiger partial charge in [0.05, 0.1) is 0 Å². The van der Waals surface area contributed by atoms with Gasteiger partial charge in [-0.3, -0.25) is 4.90 Å². The first-order valence-electron chi connectivity index (χ1n) is 11.7. The third kappa shape index (κ3) is 6.03. The van der Waals surface area contributed by atoms with Crippen LogP contribution in [0.5, 0.6) is 5.75 Å². The van der Waals surface area contributed by atoms with E-state index in [9.17, 15) is 5.11 Å². The minimum absolute atomic E-state index is 0.0337. The molecule has 4 heteroatoms. The Morgan fingerprint density at radius 3 is 2.32 bits per heavy atom. The summed E-state index contributed by atoms with van der Waals surface area (Å²) < 4.78 is 0.0337. The number of nitrogens with zero attached hydrogens (tertiary/aromatic N) is 1. The molecule has 1 heterocycles. The lowest BCUT2D eigenvalue weighted by Crippen LogP contribution is -2.31. The van der Waals surface area contributed by atoms with Gasteiger partial charge in [0, 0.05) is 20.7 Å². The lowest BCUT2D eigenvalue weighted by atomic mass is 9.89. The fourth-order valence-electron chi connectivity index (χ4n) is 4.52. The maximum Gasteiger partial charge on any atom is 0.122 e. The number of hydrogen-bond donors (Lipinski definition) is 1. The Kier molecular flexibility index (Phi) is 8.14. The second kappa shape index (κ2) is 10.1. The van der Waals surface area contributed by atoms with Gasteiger partial charge in [-0.05, 0) is 88.1 Å². The van der Waals surface area contributed by atoms with Gasteiger partial charge >= 0.3 is 0 Å². The standard InChI is InChI=1S/C27H39INOP/c1-7-27(6,23-17-22(26(4,5)28)16-20(3)25(23)30)31-24-12-11-19(2)15-21(24)18-29-13-9-8-10-14-29/h11-12,15-17,30-31H,7-10,13-14,18H2,1-6H3. The lowest BCUT2D eigenvalue weighted by Gasteiger charge is -2.34. The third-order valence-corrected chi connectivity index (χ3v) is 9.36. The summed E-state index contributed by atoms with van der Waals surface area (Å²) in [5, 5.41) is 12.5. The smallest absolute Gasteiger partial charge is 0.122 e. The number of aryl methyl sites for hydroxylation is 2. The van der Waals surface area contributed by atoms with Gasteiger partial charge in [0.2, 0.25) is 0 Å². The molecular formula is C27H39INOP. The van der Waals surface area contributed by atoms with E-state index < -0.39 is 0 Å². The van der Waals surface area contributed by atoms with Crippen LogP contribution in [-0.2, 0) is 15.1 Å². The van der Waals surface area contributed by atoms with Crippen molar-refractivity contribution in [1.82, 2.24) is 4.90 Å². The zero-order valence-corrected chi connectivity index (χ0v) is 23.3. The molecule has 2 aromatic carbocycles. The van der Waals surface area contributed by atoms with Crippen LogP contribution in [-0.4, -0.2) is 23.1 Å². The van der Waals surface area contributed by atoms with Crippen molar-refractivity contribution in [3.63, 3.8) is 0 Å². The van der Waals surface area contributed by atoms with Gasteiger partial charge in [0.1, 0.15) is 5.75 Å². The number of benzene rings is 2. The predicted octanol–water partition coefficient (Wildman–Crippen LogP) is 7.29. The molecular weight excluding hydrogens is 512 g/mol. The molecule has 0 bridgehead atoms. The van der Waals surface area contributed by atoms with Crippen LogP contribution in [0.3, 0.4) is 0 Å². The first-order valence-corrected chi connectivity index (χ1v) is 13.7. The Labute approximate surface area is 205 Å².